The minimum absolute atomic E-state index is 0.0369. The first kappa shape index (κ1) is 24.6. The van der Waals surface area contributed by atoms with Crippen molar-refractivity contribution in [2.45, 2.75) is 131 Å². The molecular formula is C30H52O3. The zero-order valence-corrected chi connectivity index (χ0v) is 22.7. The van der Waals surface area contributed by atoms with Crippen molar-refractivity contribution in [3.8, 4) is 0 Å². The molecule has 3 heteroatoms. The molecule has 0 aromatic rings. The Bertz CT molecular complexity index is 804. The van der Waals surface area contributed by atoms with E-state index in [1.807, 2.05) is 0 Å². The number of fused-ring (bicyclic) bond motifs is 7. The van der Waals surface area contributed by atoms with Gasteiger partial charge in [-0.2, -0.15) is 0 Å². The normalized spacial score (nSPS) is 59.5. The minimum Gasteiger partial charge on any atom is -0.392 e. The lowest BCUT2D eigenvalue weighted by molar-refractivity contribution is -0.278. The van der Waals surface area contributed by atoms with Crippen molar-refractivity contribution < 1.29 is 15.3 Å². The molecule has 5 aliphatic carbocycles. The fraction of sp³-hybridized carbons (Fsp3) is 1.00. The van der Waals surface area contributed by atoms with Crippen LogP contribution in [0.4, 0.5) is 0 Å². The van der Waals surface area contributed by atoms with Gasteiger partial charge in [0.1, 0.15) is 0 Å². The Hall–Kier alpha value is -0.120. The lowest BCUT2D eigenvalue weighted by Crippen LogP contribution is -2.69. The van der Waals surface area contributed by atoms with Gasteiger partial charge in [0.25, 0.3) is 0 Å². The highest BCUT2D eigenvalue weighted by Crippen LogP contribution is 2.77. The molecule has 5 aliphatic rings. The zero-order valence-electron chi connectivity index (χ0n) is 22.7. The summed E-state index contributed by atoms with van der Waals surface area (Å²) in [6, 6.07) is 0. The average molecular weight is 461 g/mol. The molecule has 190 valence electrons. The lowest BCUT2D eigenvalue weighted by atomic mass is 9.30. The van der Waals surface area contributed by atoms with Crippen LogP contribution < -0.4 is 0 Å². The molecule has 5 fully saturated rings. The van der Waals surface area contributed by atoms with Gasteiger partial charge in [0.2, 0.25) is 0 Å². The molecule has 0 aromatic carbocycles. The first-order chi connectivity index (χ1) is 15.1. The van der Waals surface area contributed by atoms with Gasteiger partial charge in [-0.25, -0.2) is 0 Å². The van der Waals surface area contributed by atoms with Crippen molar-refractivity contribution in [3.05, 3.63) is 0 Å². The standard InChI is InChI=1S/C30H52O3/c1-25(2)15-16-27(5)18(23(25)32)11-13-29(7)21(27)9-10-22-28(6)17-19(31)24(33)26(3,4)20(28)12-14-30(22,29)8/h18-24,31-33H,9-17H2,1-8H3/t18-,19-,20+,21+,22+,23-,24+,27-,28+,29+,30+/m1/s1. The van der Waals surface area contributed by atoms with Gasteiger partial charge < -0.3 is 15.3 Å². The topological polar surface area (TPSA) is 60.7 Å². The van der Waals surface area contributed by atoms with Crippen molar-refractivity contribution >= 4 is 0 Å². The van der Waals surface area contributed by atoms with E-state index in [4.69, 9.17) is 0 Å². The highest BCUT2D eigenvalue weighted by Gasteiger charge is 2.71. The van der Waals surface area contributed by atoms with Gasteiger partial charge in [0.15, 0.2) is 0 Å². The lowest BCUT2D eigenvalue weighted by Gasteiger charge is -2.74. The van der Waals surface area contributed by atoms with Crippen molar-refractivity contribution in [1.29, 1.82) is 0 Å². The SMILES string of the molecule is CC1(C)CC[C@]2(C)[C@H](CC[C@@]3(C)[C@H]2CC[C@H]2[C@@]4(C)C[C@@H](O)[C@H](O)C(C)(C)[C@@H]4CC[C@@]23C)[C@H]1O. The van der Waals surface area contributed by atoms with Crippen LogP contribution in [0.1, 0.15) is 113 Å². The summed E-state index contributed by atoms with van der Waals surface area (Å²) in [5.74, 6) is 2.15. The van der Waals surface area contributed by atoms with Crippen molar-refractivity contribution in [3.63, 3.8) is 0 Å². The first-order valence-corrected chi connectivity index (χ1v) is 14.1. The van der Waals surface area contributed by atoms with E-state index in [-0.39, 0.29) is 38.6 Å². The summed E-state index contributed by atoms with van der Waals surface area (Å²) < 4.78 is 0. The van der Waals surface area contributed by atoms with E-state index in [2.05, 4.69) is 55.4 Å². The third kappa shape index (κ3) is 2.85. The molecule has 11 atom stereocenters. The molecule has 33 heavy (non-hydrogen) atoms. The van der Waals surface area contributed by atoms with Crippen LogP contribution in [0.15, 0.2) is 0 Å². The van der Waals surface area contributed by atoms with Crippen LogP contribution >= 0.6 is 0 Å². The molecule has 3 nitrogen and oxygen atoms in total. The Morgan fingerprint density at radius 1 is 0.545 bits per heavy atom. The summed E-state index contributed by atoms with van der Waals surface area (Å²) in [4.78, 5) is 0. The Balaban J connectivity index is 1.53. The number of rotatable bonds is 0. The Morgan fingerprint density at radius 2 is 1.09 bits per heavy atom. The van der Waals surface area contributed by atoms with Gasteiger partial charge in [-0.1, -0.05) is 55.4 Å². The van der Waals surface area contributed by atoms with E-state index in [0.29, 0.717) is 23.7 Å². The summed E-state index contributed by atoms with van der Waals surface area (Å²) in [5.41, 5.74) is 0.639. The van der Waals surface area contributed by atoms with Crippen molar-refractivity contribution in [2.75, 3.05) is 0 Å². The maximum Gasteiger partial charge on any atom is 0.0852 e. The van der Waals surface area contributed by atoms with Gasteiger partial charge in [-0.3, -0.25) is 0 Å². The largest absolute Gasteiger partial charge is 0.392 e. The maximum absolute atomic E-state index is 11.4. The van der Waals surface area contributed by atoms with Crippen LogP contribution in [0.2, 0.25) is 0 Å². The molecule has 0 aliphatic heterocycles. The van der Waals surface area contributed by atoms with E-state index >= 15 is 0 Å². The predicted molar refractivity (Wildman–Crippen MR) is 134 cm³/mol. The van der Waals surface area contributed by atoms with Gasteiger partial charge in [0.05, 0.1) is 18.3 Å². The quantitative estimate of drug-likeness (QED) is 0.404. The van der Waals surface area contributed by atoms with Crippen LogP contribution in [0.5, 0.6) is 0 Å². The molecule has 0 aromatic heterocycles. The smallest absolute Gasteiger partial charge is 0.0852 e. The fourth-order valence-corrected chi connectivity index (χ4v) is 11.8. The maximum atomic E-state index is 11.4. The third-order valence-electron chi connectivity index (χ3n) is 13.9. The van der Waals surface area contributed by atoms with Crippen molar-refractivity contribution in [1.82, 2.24) is 0 Å². The first-order valence-electron chi connectivity index (χ1n) is 14.1. The number of hydrogen-bond acceptors (Lipinski definition) is 3. The second-order valence-electron chi connectivity index (χ2n) is 15.7. The van der Waals surface area contributed by atoms with E-state index in [1.54, 1.807) is 0 Å². The zero-order chi connectivity index (χ0) is 24.4. The number of hydrogen-bond donors (Lipinski definition) is 3. The minimum atomic E-state index is -0.617. The fourth-order valence-electron chi connectivity index (χ4n) is 11.8. The second-order valence-corrected chi connectivity index (χ2v) is 15.7. The molecule has 3 N–H and O–H groups in total. The second kappa shape index (κ2) is 7.00. The number of aliphatic hydroxyl groups excluding tert-OH is 3. The van der Waals surface area contributed by atoms with Crippen LogP contribution in [0, 0.1) is 56.2 Å². The molecule has 5 rings (SSSR count). The highest BCUT2D eigenvalue weighted by atomic mass is 16.3. The van der Waals surface area contributed by atoms with E-state index in [9.17, 15) is 15.3 Å². The summed E-state index contributed by atoms with van der Waals surface area (Å²) in [7, 11) is 0. The van der Waals surface area contributed by atoms with Gasteiger partial charge in [-0.05, 0) is 114 Å². The van der Waals surface area contributed by atoms with Crippen LogP contribution in [-0.4, -0.2) is 33.6 Å². The Labute approximate surface area is 203 Å². The number of aliphatic hydroxyl groups is 3. The summed E-state index contributed by atoms with van der Waals surface area (Å²) >= 11 is 0. The summed E-state index contributed by atoms with van der Waals surface area (Å²) in [6.45, 7) is 19.2. The third-order valence-corrected chi connectivity index (χ3v) is 13.9. The van der Waals surface area contributed by atoms with E-state index in [0.717, 1.165) is 19.3 Å². The highest BCUT2D eigenvalue weighted by molar-refractivity contribution is 5.20. The van der Waals surface area contributed by atoms with Crippen LogP contribution in [-0.2, 0) is 0 Å². The van der Waals surface area contributed by atoms with Gasteiger partial charge in [-0.15, -0.1) is 0 Å². The molecule has 0 amide bonds. The van der Waals surface area contributed by atoms with Crippen molar-refractivity contribution in [2.24, 2.45) is 56.2 Å². The van der Waals surface area contributed by atoms with Crippen LogP contribution in [0.25, 0.3) is 0 Å². The Morgan fingerprint density at radius 3 is 1.70 bits per heavy atom. The molecule has 5 saturated carbocycles. The van der Waals surface area contributed by atoms with Gasteiger partial charge >= 0.3 is 0 Å². The molecule has 0 bridgehead atoms. The molecule has 0 heterocycles. The summed E-state index contributed by atoms with van der Waals surface area (Å²) in [6.07, 6.45) is 9.01. The predicted octanol–water partition coefficient (Wildman–Crippen LogP) is 6.19. The summed E-state index contributed by atoms with van der Waals surface area (Å²) in [5, 5.41) is 33.3. The molecule has 0 spiro atoms. The molecular weight excluding hydrogens is 408 g/mol. The molecule has 0 radical (unpaired) electrons. The van der Waals surface area contributed by atoms with Crippen LogP contribution in [0.3, 0.4) is 0 Å². The molecule has 0 unspecified atom stereocenters. The average Bonchev–Trinajstić information content (AvgIpc) is 2.70. The molecule has 0 saturated heterocycles. The van der Waals surface area contributed by atoms with E-state index in [1.165, 1.54) is 38.5 Å². The van der Waals surface area contributed by atoms with Gasteiger partial charge in [0, 0.05) is 0 Å². The Kier molecular flexibility index (Phi) is 5.21. The monoisotopic (exact) mass is 460 g/mol. The van der Waals surface area contributed by atoms with E-state index < -0.39 is 12.2 Å².